The molecule has 1 atom stereocenters. The third-order valence-electron chi connectivity index (χ3n) is 3.30. The highest BCUT2D eigenvalue weighted by Crippen LogP contribution is 2.27. The Balaban J connectivity index is 2.16. The van der Waals surface area contributed by atoms with Gasteiger partial charge in [-0.15, -0.1) is 11.3 Å². The van der Waals surface area contributed by atoms with Crippen LogP contribution in [0, 0.1) is 0 Å². The first-order chi connectivity index (χ1) is 9.07. The van der Waals surface area contributed by atoms with Crippen LogP contribution in [0.3, 0.4) is 0 Å². The number of hydrogen-bond acceptors (Lipinski definition) is 5. The maximum Gasteiger partial charge on any atom is 0.252 e. The Bertz CT molecular complexity index is 513. The lowest BCUT2D eigenvalue weighted by atomic mass is 10.1. The van der Waals surface area contributed by atoms with Gasteiger partial charge in [-0.1, -0.05) is 0 Å². The molecule has 0 spiro atoms. The lowest BCUT2D eigenvalue weighted by Crippen LogP contribution is -2.42. The van der Waals surface area contributed by atoms with Crippen LogP contribution in [0.15, 0.2) is 16.3 Å². The summed E-state index contributed by atoms with van der Waals surface area (Å²) in [5.74, 6) is 0. The van der Waals surface area contributed by atoms with Crippen LogP contribution in [0.2, 0.25) is 0 Å². The zero-order valence-electron chi connectivity index (χ0n) is 11.0. The van der Waals surface area contributed by atoms with Crippen LogP contribution in [0.25, 0.3) is 0 Å². The van der Waals surface area contributed by atoms with E-state index in [9.17, 15) is 8.42 Å². The molecule has 0 bridgehead atoms. The van der Waals surface area contributed by atoms with Crippen molar-refractivity contribution in [3.63, 3.8) is 0 Å². The number of thiophene rings is 1. The number of nitrogens with zero attached hydrogens (tertiary/aromatic N) is 1. The summed E-state index contributed by atoms with van der Waals surface area (Å²) in [7, 11) is -1.74. The molecule has 0 amide bonds. The average Bonchev–Trinajstić information content (AvgIpc) is 2.88. The molecule has 0 saturated carbocycles. The summed E-state index contributed by atoms with van der Waals surface area (Å²) >= 11 is 1.32. The second kappa shape index (κ2) is 6.32. The predicted octanol–water partition coefficient (Wildman–Crippen LogP) is 1.05. The maximum absolute atomic E-state index is 12.5. The van der Waals surface area contributed by atoms with Crippen molar-refractivity contribution in [3.8, 4) is 0 Å². The fourth-order valence-corrected chi connectivity index (χ4v) is 5.25. The highest BCUT2D eigenvalue weighted by Gasteiger charge is 2.31. The molecule has 19 heavy (non-hydrogen) atoms. The van der Waals surface area contributed by atoms with Crippen LogP contribution in [-0.2, 0) is 21.2 Å². The Labute approximate surface area is 118 Å². The van der Waals surface area contributed by atoms with Gasteiger partial charge in [-0.3, -0.25) is 0 Å². The zero-order chi connectivity index (χ0) is 13.9. The molecule has 1 aliphatic heterocycles. The molecule has 108 valence electrons. The molecule has 0 aliphatic carbocycles. The van der Waals surface area contributed by atoms with Gasteiger partial charge in [0.25, 0.3) is 10.0 Å². The first-order valence-corrected chi connectivity index (χ1v) is 8.65. The summed E-state index contributed by atoms with van der Waals surface area (Å²) in [5.41, 5.74) is 5.49. The number of piperidine rings is 1. The third-order valence-corrected chi connectivity index (χ3v) is 6.77. The van der Waals surface area contributed by atoms with E-state index in [1.54, 1.807) is 13.2 Å². The standard InChI is InChI=1S/C12H20N2O3S2/c1-17-10-3-2-8-14(9-10)19(15,16)12-5-4-11(18-12)6-7-13/h4-5,10H,2-3,6-9,13H2,1H3. The van der Waals surface area contributed by atoms with Crippen molar-refractivity contribution in [2.75, 3.05) is 26.7 Å². The van der Waals surface area contributed by atoms with Crippen LogP contribution >= 0.6 is 11.3 Å². The Kier molecular flexibility index (Phi) is 4.97. The summed E-state index contributed by atoms with van der Waals surface area (Å²) in [6, 6.07) is 3.53. The Morgan fingerprint density at radius 2 is 2.32 bits per heavy atom. The van der Waals surface area contributed by atoms with Gasteiger partial charge in [-0.05, 0) is 37.9 Å². The molecule has 1 unspecified atom stereocenters. The van der Waals surface area contributed by atoms with Gasteiger partial charge in [0.05, 0.1) is 6.10 Å². The minimum absolute atomic E-state index is 0.00648. The molecule has 1 aromatic rings. The summed E-state index contributed by atoms with van der Waals surface area (Å²) in [4.78, 5) is 1.02. The Morgan fingerprint density at radius 3 is 3.00 bits per heavy atom. The van der Waals surface area contributed by atoms with Gasteiger partial charge in [0.1, 0.15) is 4.21 Å². The van der Waals surface area contributed by atoms with Gasteiger partial charge in [-0.25, -0.2) is 8.42 Å². The fourth-order valence-electron chi connectivity index (χ4n) is 2.22. The quantitative estimate of drug-likeness (QED) is 0.882. The Hall–Kier alpha value is -0.470. The normalized spacial score (nSPS) is 21.7. The summed E-state index contributed by atoms with van der Waals surface area (Å²) in [6.07, 6.45) is 2.50. The molecule has 0 radical (unpaired) electrons. The molecule has 5 nitrogen and oxygen atoms in total. The van der Waals surface area contributed by atoms with E-state index in [-0.39, 0.29) is 6.10 Å². The van der Waals surface area contributed by atoms with Crippen LogP contribution in [0.4, 0.5) is 0 Å². The lowest BCUT2D eigenvalue weighted by Gasteiger charge is -2.30. The molecule has 7 heteroatoms. The monoisotopic (exact) mass is 304 g/mol. The van der Waals surface area contributed by atoms with Crippen LogP contribution in [0.1, 0.15) is 17.7 Å². The van der Waals surface area contributed by atoms with Crippen LogP contribution < -0.4 is 5.73 Å². The van der Waals surface area contributed by atoms with Gasteiger partial charge >= 0.3 is 0 Å². The SMILES string of the molecule is COC1CCCN(S(=O)(=O)c2ccc(CCN)s2)C1. The van der Waals surface area contributed by atoms with E-state index in [1.807, 2.05) is 6.07 Å². The zero-order valence-corrected chi connectivity index (χ0v) is 12.7. The average molecular weight is 304 g/mol. The molecule has 0 aromatic carbocycles. The van der Waals surface area contributed by atoms with Crippen LogP contribution in [0.5, 0.6) is 0 Å². The second-order valence-corrected chi connectivity index (χ2v) is 7.96. The molecule has 1 aliphatic rings. The molecular weight excluding hydrogens is 284 g/mol. The molecule has 1 saturated heterocycles. The number of methoxy groups -OCH3 is 1. The van der Waals surface area contributed by atoms with Gasteiger partial charge in [0.2, 0.25) is 0 Å². The van der Waals surface area contributed by atoms with Crippen molar-refractivity contribution < 1.29 is 13.2 Å². The minimum Gasteiger partial charge on any atom is -0.380 e. The van der Waals surface area contributed by atoms with Gasteiger partial charge in [0.15, 0.2) is 0 Å². The largest absolute Gasteiger partial charge is 0.380 e. The summed E-state index contributed by atoms with van der Waals surface area (Å²) < 4.78 is 32.2. The summed E-state index contributed by atoms with van der Waals surface area (Å²) in [5, 5.41) is 0. The van der Waals surface area contributed by atoms with Crippen molar-refractivity contribution >= 4 is 21.4 Å². The molecule has 2 heterocycles. The van der Waals surface area contributed by atoms with E-state index in [0.717, 1.165) is 24.1 Å². The van der Waals surface area contributed by atoms with Crippen molar-refractivity contribution in [2.45, 2.75) is 29.6 Å². The highest BCUT2D eigenvalue weighted by atomic mass is 32.2. The smallest absolute Gasteiger partial charge is 0.252 e. The molecule has 1 aromatic heterocycles. The van der Waals surface area contributed by atoms with Crippen molar-refractivity contribution in [1.29, 1.82) is 0 Å². The first kappa shape index (κ1) is 14.9. The van der Waals surface area contributed by atoms with E-state index in [0.29, 0.717) is 23.8 Å². The van der Waals surface area contributed by atoms with Gasteiger partial charge in [0, 0.05) is 25.1 Å². The first-order valence-electron chi connectivity index (χ1n) is 6.39. The predicted molar refractivity (Wildman–Crippen MR) is 75.9 cm³/mol. The van der Waals surface area contributed by atoms with Gasteiger partial charge in [-0.2, -0.15) is 4.31 Å². The topological polar surface area (TPSA) is 72.6 Å². The van der Waals surface area contributed by atoms with E-state index in [2.05, 4.69) is 0 Å². The molecular formula is C12H20N2O3S2. The van der Waals surface area contributed by atoms with E-state index in [4.69, 9.17) is 10.5 Å². The maximum atomic E-state index is 12.5. The summed E-state index contributed by atoms with van der Waals surface area (Å²) in [6.45, 7) is 1.56. The number of hydrogen-bond donors (Lipinski definition) is 1. The minimum atomic E-state index is -3.37. The molecule has 2 rings (SSSR count). The van der Waals surface area contributed by atoms with E-state index >= 15 is 0 Å². The number of rotatable bonds is 5. The molecule has 2 N–H and O–H groups in total. The van der Waals surface area contributed by atoms with E-state index < -0.39 is 10.0 Å². The Morgan fingerprint density at radius 1 is 1.53 bits per heavy atom. The van der Waals surface area contributed by atoms with E-state index in [1.165, 1.54) is 15.6 Å². The van der Waals surface area contributed by atoms with Crippen LogP contribution in [-0.4, -0.2) is 45.6 Å². The second-order valence-electron chi connectivity index (χ2n) is 4.62. The fraction of sp³-hybridized carbons (Fsp3) is 0.667. The number of ether oxygens (including phenoxy) is 1. The lowest BCUT2D eigenvalue weighted by molar-refractivity contribution is 0.0572. The molecule has 1 fully saturated rings. The van der Waals surface area contributed by atoms with Crippen molar-refractivity contribution in [1.82, 2.24) is 4.31 Å². The number of sulfonamides is 1. The van der Waals surface area contributed by atoms with Crippen molar-refractivity contribution in [2.24, 2.45) is 5.73 Å². The van der Waals surface area contributed by atoms with Crippen molar-refractivity contribution in [3.05, 3.63) is 17.0 Å². The number of nitrogens with two attached hydrogens (primary N) is 1. The highest BCUT2D eigenvalue weighted by molar-refractivity contribution is 7.91. The third kappa shape index (κ3) is 3.35. The van der Waals surface area contributed by atoms with Gasteiger partial charge < -0.3 is 10.5 Å².